The Kier molecular flexibility index (Phi) is 3.17. The topological polar surface area (TPSA) is 15.8 Å². The Morgan fingerprint density at radius 2 is 1.24 bits per heavy atom. The van der Waals surface area contributed by atoms with Crippen LogP contribution in [-0.4, -0.2) is 4.98 Å². The van der Waals surface area contributed by atoms with Gasteiger partial charge in [-0.25, -0.2) is 0 Å². The summed E-state index contributed by atoms with van der Waals surface area (Å²) in [5.41, 5.74) is 6.19. The van der Waals surface area contributed by atoms with E-state index in [-0.39, 0.29) is 0 Å². The molecule has 0 unspecified atom stereocenters. The van der Waals surface area contributed by atoms with Crippen molar-refractivity contribution >= 4 is 21.7 Å². The minimum atomic E-state index is 1.17. The summed E-state index contributed by atoms with van der Waals surface area (Å²) in [4.78, 5) is 3.41. The third-order valence-corrected chi connectivity index (χ3v) is 4.85. The fourth-order valence-electron chi connectivity index (χ4n) is 3.63. The van der Waals surface area contributed by atoms with Gasteiger partial charge in [0.1, 0.15) is 0 Å². The molecule has 1 heteroatoms. The van der Waals surface area contributed by atoms with Crippen LogP contribution in [0.4, 0.5) is 0 Å². The van der Waals surface area contributed by atoms with Gasteiger partial charge in [0, 0.05) is 22.7 Å². The van der Waals surface area contributed by atoms with Gasteiger partial charge in [-0.05, 0) is 45.7 Å². The van der Waals surface area contributed by atoms with Gasteiger partial charge in [-0.2, -0.15) is 0 Å². The van der Waals surface area contributed by atoms with Crippen LogP contribution in [0.1, 0.15) is 0 Å². The van der Waals surface area contributed by atoms with E-state index in [1.807, 2.05) is 0 Å². The zero-order chi connectivity index (χ0) is 16.6. The number of nitrogens with one attached hydrogen (secondary N) is 1. The molecule has 4 aromatic carbocycles. The van der Waals surface area contributed by atoms with Crippen molar-refractivity contribution in [1.29, 1.82) is 0 Å². The lowest BCUT2D eigenvalue weighted by atomic mass is 9.93. The van der Waals surface area contributed by atoms with Crippen molar-refractivity contribution in [2.75, 3.05) is 0 Å². The summed E-state index contributed by atoms with van der Waals surface area (Å²) >= 11 is 0. The molecule has 0 amide bonds. The summed E-state index contributed by atoms with van der Waals surface area (Å²) in [5, 5.41) is 3.81. The maximum Gasteiger partial charge on any atom is 0.0460 e. The summed E-state index contributed by atoms with van der Waals surface area (Å²) in [5.74, 6) is 0. The Bertz CT molecular complexity index is 1180. The fraction of sp³-hybridized carbons (Fsp3) is 0. The minimum Gasteiger partial charge on any atom is -0.361 e. The van der Waals surface area contributed by atoms with Gasteiger partial charge >= 0.3 is 0 Å². The highest BCUT2D eigenvalue weighted by Crippen LogP contribution is 2.37. The van der Waals surface area contributed by atoms with E-state index < -0.39 is 0 Å². The molecule has 0 aliphatic heterocycles. The minimum absolute atomic E-state index is 1.17. The van der Waals surface area contributed by atoms with Crippen LogP contribution < -0.4 is 0 Å². The first-order valence-corrected chi connectivity index (χ1v) is 8.55. The van der Waals surface area contributed by atoms with Gasteiger partial charge in [0.15, 0.2) is 0 Å². The van der Waals surface area contributed by atoms with Gasteiger partial charge in [0.2, 0.25) is 0 Å². The van der Waals surface area contributed by atoms with E-state index in [9.17, 15) is 0 Å². The molecule has 0 atom stereocenters. The Labute approximate surface area is 146 Å². The second-order valence-corrected chi connectivity index (χ2v) is 6.36. The summed E-state index contributed by atoms with van der Waals surface area (Å²) in [6.45, 7) is 0. The van der Waals surface area contributed by atoms with E-state index in [1.54, 1.807) is 0 Å². The van der Waals surface area contributed by atoms with Crippen LogP contribution in [0.5, 0.6) is 0 Å². The molecule has 0 fully saturated rings. The maximum absolute atomic E-state index is 3.41. The molecule has 0 aliphatic rings. The zero-order valence-electron chi connectivity index (χ0n) is 13.7. The van der Waals surface area contributed by atoms with Crippen LogP contribution in [-0.2, 0) is 0 Å². The lowest BCUT2D eigenvalue weighted by Gasteiger charge is -2.10. The second kappa shape index (κ2) is 5.64. The molecule has 25 heavy (non-hydrogen) atoms. The molecule has 1 nitrogen and oxygen atoms in total. The van der Waals surface area contributed by atoms with Crippen molar-refractivity contribution in [1.82, 2.24) is 4.98 Å². The molecule has 0 saturated heterocycles. The lowest BCUT2D eigenvalue weighted by molar-refractivity contribution is 1.48. The van der Waals surface area contributed by atoms with E-state index in [2.05, 4.69) is 102 Å². The number of benzene rings is 4. The van der Waals surface area contributed by atoms with E-state index in [0.717, 1.165) is 0 Å². The van der Waals surface area contributed by atoms with E-state index in [0.29, 0.717) is 0 Å². The van der Waals surface area contributed by atoms with Crippen molar-refractivity contribution in [3.05, 3.63) is 97.2 Å². The standard InChI is InChI=1S/C24H17N/c1-2-8-17(9-3-1)19-14-18-10-4-5-11-20(18)22(15-19)23-16-25-24-13-7-6-12-21(23)24/h1-16,25H. The van der Waals surface area contributed by atoms with Crippen LogP contribution in [0.3, 0.4) is 0 Å². The molecular formula is C24H17N. The fourth-order valence-corrected chi connectivity index (χ4v) is 3.63. The van der Waals surface area contributed by atoms with Crippen LogP contribution in [0.25, 0.3) is 43.9 Å². The number of aromatic amines is 1. The van der Waals surface area contributed by atoms with Crippen LogP contribution in [0, 0.1) is 0 Å². The average molecular weight is 319 g/mol. The normalized spacial score (nSPS) is 11.2. The van der Waals surface area contributed by atoms with Gasteiger partial charge in [-0.3, -0.25) is 0 Å². The van der Waals surface area contributed by atoms with E-state index >= 15 is 0 Å². The van der Waals surface area contributed by atoms with Gasteiger partial charge in [-0.15, -0.1) is 0 Å². The lowest BCUT2D eigenvalue weighted by Crippen LogP contribution is -1.84. The predicted octanol–water partition coefficient (Wildman–Crippen LogP) is 6.66. The van der Waals surface area contributed by atoms with Crippen LogP contribution >= 0.6 is 0 Å². The van der Waals surface area contributed by atoms with Crippen molar-refractivity contribution < 1.29 is 0 Å². The van der Waals surface area contributed by atoms with Crippen LogP contribution in [0.2, 0.25) is 0 Å². The SMILES string of the molecule is c1ccc(-c2cc(-c3c[nH]c4ccccc34)c3ccccc3c2)cc1. The highest BCUT2D eigenvalue weighted by atomic mass is 14.7. The molecule has 0 radical (unpaired) electrons. The van der Waals surface area contributed by atoms with Crippen molar-refractivity contribution in [3.63, 3.8) is 0 Å². The van der Waals surface area contributed by atoms with E-state index in [1.165, 1.54) is 43.9 Å². The van der Waals surface area contributed by atoms with Crippen LogP contribution in [0.15, 0.2) is 97.2 Å². The number of aromatic nitrogens is 1. The molecule has 0 bridgehead atoms. The number of hydrogen-bond acceptors (Lipinski definition) is 0. The van der Waals surface area contributed by atoms with Gasteiger partial charge < -0.3 is 4.98 Å². The number of H-pyrrole nitrogens is 1. The Morgan fingerprint density at radius 1 is 0.520 bits per heavy atom. The third kappa shape index (κ3) is 2.33. The Balaban J connectivity index is 1.85. The predicted molar refractivity (Wildman–Crippen MR) is 107 cm³/mol. The van der Waals surface area contributed by atoms with Crippen molar-refractivity contribution in [2.45, 2.75) is 0 Å². The van der Waals surface area contributed by atoms with Gasteiger partial charge in [0.05, 0.1) is 0 Å². The molecular weight excluding hydrogens is 302 g/mol. The molecule has 1 heterocycles. The maximum atomic E-state index is 3.41. The summed E-state index contributed by atoms with van der Waals surface area (Å²) in [6.07, 6.45) is 2.13. The first kappa shape index (κ1) is 14.1. The summed E-state index contributed by atoms with van der Waals surface area (Å²) in [7, 11) is 0. The van der Waals surface area contributed by atoms with Crippen molar-refractivity contribution in [3.8, 4) is 22.3 Å². The van der Waals surface area contributed by atoms with Gasteiger partial charge in [-0.1, -0.05) is 72.8 Å². The Hall–Kier alpha value is -3.32. The largest absolute Gasteiger partial charge is 0.361 e. The van der Waals surface area contributed by atoms with Gasteiger partial charge in [0.25, 0.3) is 0 Å². The highest BCUT2D eigenvalue weighted by Gasteiger charge is 2.11. The molecule has 0 aliphatic carbocycles. The monoisotopic (exact) mass is 319 g/mol. The molecule has 1 aromatic heterocycles. The zero-order valence-corrected chi connectivity index (χ0v) is 13.7. The summed E-state index contributed by atoms with van der Waals surface area (Å²) in [6, 6.07) is 32.3. The molecule has 5 aromatic rings. The Morgan fingerprint density at radius 3 is 2.12 bits per heavy atom. The average Bonchev–Trinajstić information content (AvgIpc) is 3.12. The second-order valence-electron chi connectivity index (χ2n) is 6.36. The molecule has 118 valence electrons. The quantitative estimate of drug-likeness (QED) is 0.374. The third-order valence-electron chi connectivity index (χ3n) is 4.85. The van der Waals surface area contributed by atoms with E-state index in [4.69, 9.17) is 0 Å². The first-order valence-electron chi connectivity index (χ1n) is 8.55. The number of rotatable bonds is 2. The van der Waals surface area contributed by atoms with Crippen molar-refractivity contribution in [2.24, 2.45) is 0 Å². The summed E-state index contributed by atoms with van der Waals surface area (Å²) < 4.78 is 0. The smallest absolute Gasteiger partial charge is 0.0460 e. The molecule has 1 N–H and O–H groups in total. The number of hydrogen-bond donors (Lipinski definition) is 1. The number of para-hydroxylation sites is 1. The molecule has 5 rings (SSSR count). The molecule has 0 spiro atoms. The first-order chi connectivity index (χ1) is 12.4. The highest BCUT2D eigenvalue weighted by molar-refractivity contribution is 6.06. The number of fused-ring (bicyclic) bond motifs is 2. The molecule has 0 saturated carbocycles.